The van der Waals surface area contributed by atoms with E-state index >= 15 is 0 Å². The van der Waals surface area contributed by atoms with Crippen molar-refractivity contribution in [2.24, 2.45) is 5.92 Å². The normalized spacial score (nSPS) is 19.4. The lowest BCUT2D eigenvalue weighted by Gasteiger charge is -2.25. The Hall–Kier alpha value is -1.20. The molecule has 5 nitrogen and oxygen atoms in total. The van der Waals surface area contributed by atoms with Crippen molar-refractivity contribution in [3.8, 4) is 5.88 Å². The maximum Gasteiger partial charge on any atom is 0.233 e. The molecule has 0 aromatic carbocycles. The van der Waals surface area contributed by atoms with Crippen molar-refractivity contribution in [1.29, 1.82) is 0 Å². The highest BCUT2D eigenvalue weighted by Gasteiger charge is 2.24. The molecule has 1 saturated heterocycles. The maximum atomic E-state index is 10.1. The van der Waals surface area contributed by atoms with Crippen LogP contribution in [0.1, 0.15) is 24.6 Å². The molecule has 1 N–H and O–H groups in total. The number of methoxy groups -OCH3 is 1. The monoisotopic (exact) mass is 224 g/mol. The van der Waals surface area contributed by atoms with Gasteiger partial charge in [-0.1, -0.05) is 0 Å². The Morgan fingerprint density at radius 2 is 2.12 bits per heavy atom. The van der Waals surface area contributed by atoms with Crippen molar-refractivity contribution in [3.05, 3.63) is 17.8 Å². The van der Waals surface area contributed by atoms with Crippen molar-refractivity contribution >= 4 is 0 Å². The lowest BCUT2D eigenvalue weighted by molar-refractivity contribution is 0.00519. The second kappa shape index (κ2) is 5.23. The van der Waals surface area contributed by atoms with Gasteiger partial charge in [0, 0.05) is 19.3 Å². The van der Waals surface area contributed by atoms with Crippen molar-refractivity contribution in [2.75, 3.05) is 20.3 Å². The molecular formula is C11H16N2O3. The fourth-order valence-corrected chi connectivity index (χ4v) is 1.87. The van der Waals surface area contributed by atoms with Gasteiger partial charge >= 0.3 is 0 Å². The van der Waals surface area contributed by atoms with Crippen LogP contribution >= 0.6 is 0 Å². The van der Waals surface area contributed by atoms with Crippen molar-refractivity contribution in [1.82, 2.24) is 10.2 Å². The number of nitrogens with zero attached hydrogens (tertiary/aromatic N) is 2. The predicted molar refractivity (Wildman–Crippen MR) is 57.1 cm³/mol. The van der Waals surface area contributed by atoms with E-state index in [4.69, 9.17) is 9.47 Å². The Labute approximate surface area is 94.4 Å². The number of ether oxygens (including phenoxy) is 2. The molecule has 0 amide bonds. The zero-order chi connectivity index (χ0) is 11.4. The summed E-state index contributed by atoms with van der Waals surface area (Å²) in [6.45, 7) is 1.43. The van der Waals surface area contributed by atoms with Crippen LogP contribution in [-0.2, 0) is 4.74 Å². The van der Waals surface area contributed by atoms with Gasteiger partial charge in [0.2, 0.25) is 5.88 Å². The van der Waals surface area contributed by atoms with E-state index in [1.54, 1.807) is 19.2 Å². The number of hydrogen-bond donors (Lipinski definition) is 1. The molecule has 2 rings (SSSR count). The highest BCUT2D eigenvalue weighted by Crippen LogP contribution is 2.28. The van der Waals surface area contributed by atoms with Crippen LogP contribution in [-0.4, -0.2) is 35.6 Å². The zero-order valence-electron chi connectivity index (χ0n) is 9.30. The van der Waals surface area contributed by atoms with Crippen molar-refractivity contribution < 1.29 is 14.6 Å². The standard InChI is InChI=1S/C11H16N2O3/c1-15-10-3-2-9(12-13-10)11(14)8-4-6-16-7-5-8/h2-3,8,11,14H,4-7H2,1H3. The molecule has 88 valence electrons. The minimum Gasteiger partial charge on any atom is -0.480 e. The SMILES string of the molecule is COc1ccc(C(O)C2CCOCC2)nn1. The summed E-state index contributed by atoms with van der Waals surface area (Å²) in [6, 6.07) is 3.47. The van der Waals surface area contributed by atoms with E-state index in [0.717, 1.165) is 12.8 Å². The van der Waals surface area contributed by atoms with Crippen molar-refractivity contribution in [2.45, 2.75) is 18.9 Å². The summed E-state index contributed by atoms with van der Waals surface area (Å²) in [6.07, 6.45) is 1.19. The van der Waals surface area contributed by atoms with Gasteiger partial charge < -0.3 is 14.6 Å². The second-order valence-corrected chi connectivity index (χ2v) is 3.90. The quantitative estimate of drug-likeness (QED) is 0.828. The molecule has 1 unspecified atom stereocenters. The van der Waals surface area contributed by atoms with Gasteiger partial charge in [0.25, 0.3) is 0 Å². The summed E-state index contributed by atoms with van der Waals surface area (Å²) in [5.74, 6) is 0.680. The Morgan fingerprint density at radius 3 is 2.69 bits per heavy atom. The molecule has 0 radical (unpaired) electrons. The topological polar surface area (TPSA) is 64.5 Å². The first kappa shape index (κ1) is 11.3. The van der Waals surface area contributed by atoms with E-state index in [9.17, 15) is 5.11 Å². The van der Waals surface area contributed by atoms with Crippen LogP contribution in [0.5, 0.6) is 5.88 Å². The van der Waals surface area contributed by atoms with Crippen LogP contribution in [0, 0.1) is 5.92 Å². The van der Waals surface area contributed by atoms with Gasteiger partial charge in [0.1, 0.15) is 6.10 Å². The van der Waals surface area contributed by atoms with Gasteiger partial charge in [-0.05, 0) is 24.8 Å². The highest BCUT2D eigenvalue weighted by atomic mass is 16.5. The van der Waals surface area contributed by atoms with Gasteiger partial charge in [-0.15, -0.1) is 10.2 Å². The smallest absolute Gasteiger partial charge is 0.233 e. The Balaban J connectivity index is 2.04. The highest BCUT2D eigenvalue weighted by molar-refractivity contribution is 5.13. The second-order valence-electron chi connectivity index (χ2n) is 3.90. The van der Waals surface area contributed by atoms with Gasteiger partial charge in [0.05, 0.1) is 12.8 Å². The summed E-state index contributed by atoms with van der Waals surface area (Å²) in [7, 11) is 1.54. The fraction of sp³-hybridized carbons (Fsp3) is 0.636. The number of aromatic nitrogens is 2. The van der Waals surface area contributed by atoms with Crippen LogP contribution in [0.15, 0.2) is 12.1 Å². The molecule has 1 aliphatic rings. The molecule has 0 saturated carbocycles. The van der Waals surface area contributed by atoms with Gasteiger partial charge in [-0.25, -0.2) is 0 Å². The summed E-state index contributed by atoms with van der Waals surface area (Å²) in [4.78, 5) is 0. The average Bonchev–Trinajstić information content (AvgIpc) is 2.39. The largest absolute Gasteiger partial charge is 0.480 e. The average molecular weight is 224 g/mol. The minimum absolute atomic E-state index is 0.219. The van der Waals surface area contributed by atoms with E-state index in [1.165, 1.54) is 0 Å². The molecular weight excluding hydrogens is 208 g/mol. The van der Waals surface area contributed by atoms with Crippen molar-refractivity contribution in [3.63, 3.8) is 0 Å². The first-order valence-corrected chi connectivity index (χ1v) is 5.44. The molecule has 16 heavy (non-hydrogen) atoms. The maximum absolute atomic E-state index is 10.1. The first-order valence-electron chi connectivity index (χ1n) is 5.44. The van der Waals surface area contributed by atoms with Crippen LogP contribution in [0.25, 0.3) is 0 Å². The minimum atomic E-state index is -0.553. The lowest BCUT2D eigenvalue weighted by atomic mass is 9.92. The van der Waals surface area contributed by atoms with E-state index in [2.05, 4.69) is 10.2 Å². The molecule has 0 bridgehead atoms. The van der Waals surface area contributed by atoms with Crippen LogP contribution < -0.4 is 4.74 Å². The molecule has 1 fully saturated rings. The van der Waals surface area contributed by atoms with Crippen LogP contribution in [0.4, 0.5) is 0 Å². The molecule has 2 heterocycles. The van der Waals surface area contributed by atoms with Gasteiger partial charge in [-0.2, -0.15) is 0 Å². The summed E-state index contributed by atoms with van der Waals surface area (Å²) in [5, 5.41) is 17.9. The van der Waals surface area contributed by atoms with E-state index in [-0.39, 0.29) is 5.92 Å². The molecule has 1 atom stereocenters. The number of hydrogen-bond acceptors (Lipinski definition) is 5. The molecule has 1 aromatic rings. The number of aliphatic hydroxyl groups is 1. The Bertz CT molecular complexity index is 323. The fourth-order valence-electron chi connectivity index (χ4n) is 1.87. The number of rotatable bonds is 3. The van der Waals surface area contributed by atoms with Gasteiger partial charge in [0.15, 0.2) is 0 Å². The van der Waals surface area contributed by atoms with Crippen LogP contribution in [0.3, 0.4) is 0 Å². The Morgan fingerprint density at radius 1 is 1.38 bits per heavy atom. The predicted octanol–water partition coefficient (Wildman–Crippen LogP) is 0.945. The third kappa shape index (κ3) is 2.48. The molecule has 5 heteroatoms. The molecule has 1 aromatic heterocycles. The third-order valence-electron chi connectivity index (χ3n) is 2.89. The van der Waals surface area contributed by atoms with Gasteiger partial charge in [-0.3, -0.25) is 0 Å². The van der Waals surface area contributed by atoms with E-state index in [1.807, 2.05) is 0 Å². The zero-order valence-corrected chi connectivity index (χ0v) is 9.30. The third-order valence-corrected chi connectivity index (χ3v) is 2.89. The summed E-state index contributed by atoms with van der Waals surface area (Å²) in [5.41, 5.74) is 0.604. The Kier molecular flexibility index (Phi) is 3.69. The van der Waals surface area contributed by atoms with E-state index in [0.29, 0.717) is 24.8 Å². The summed E-state index contributed by atoms with van der Waals surface area (Å²) < 4.78 is 10.2. The van der Waals surface area contributed by atoms with Crippen LogP contribution in [0.2, 0.25) is 0 Å². The molecule has 0 spiro atoms. The number of aliphatic hydroxyl groups excluding tert-OH is 1. The summed E-state index contributed by atoms with van der Waals surface area (Å²) >= 11 is 0. The lowest BCUT2D eigenvalue weighted by Crippen LogP contribution is -2.22. The first-order chi connectivity index (χ1) is 7.81. The molecule has 0 aliphatic carbocycles. The van der Waals surface area contributed by atoms with E-state index < -0.39 is 6.10 Å². The molecule has 1 aliphatic heterocycles.